The van der Waals surface area contributed by atoms with Gasteiger partial charge in [0.1, 0.15) is 11.9 Å². The number of anilines is 1. The number of aliphatic carboxylic acids is 1. The Hall–Kier alpha value is -1.76. The number of halogens is 1. The van der Waals surface area contributed by atoms with Crippen LogP contribution in [0.4, 0.5) is 14.9 Å². The molecule has 1 aromatic carbocycles. The predicted octanol–water partition coefficient (Wildman–Crippen LogP) is 2.13. The number of thioether (sulfide) groups is 1. The predicted molar refractivity (Wildman–Crippen MR) is 70.7 cm³/mol. The number of urea groups is 1. The highest BCUT2D eigenvalue weighted by atomic mass is 32.2. The van der Waals surface area contributed by atoms with E-state index in [2.05, 4.69) is 5.32 Å². The molecule has 0 radical (unpaired) electrons. The molecule has 1 aromatic rings. The molecule has 0 saturated carbocycles. The molecular weight excluding hydrogens is 271 g/mol. The van der Waals surface area contributed by atoms with Crippen LogP contribution in [0.3, 0.4) is 0 Å². The standard InChI is InChI=1S/C12H13FN2O3S/c1-7-4-8(13)2-3-9(7)14-12(18)15-6-19-5-10(15)11(16)17/h2-4,10H,5-6H2,1H3,(H,14,18)(H,16,17). The third-order valence-corrected chi connectivity index (χ3v) is 3.87. The Labute approximate surface area is 113 Å². The first-order valence-electron chi connectivity index (χ1n) is 5.63. The Morgan fingerprint density at radius 2 is 2.26 bits per heavy atom. The van der Waals surface area contributed by atoms with Crippen molar-refractivity contribution >= 4 is 29.4 Å². The molecule has 102 valence electrons. The number of hydrogen-bond donors (Lipinski definition) is 2. The first-order valence-corrected chi connectivity index (χ1v) is 6.79. The fraction of sp³-hybridized carbons (Fsp3) is 0.333. The largest absolute Gasteiger partial charge is 0.480 e. The van der Waals surface area contributed by atoms with E-state index in [0.29, 0.717) is 22.9 Å². The molecule has 1 fully saturated rings. The molecule has 2 N–H and O–H groups in total. The zero-order chi connectivity index (χ0) is 14.0. The van der Waals surface area contributed by atoms with Crippen LogP contribution in [0.15, 0.2) is 18.2 Å². The summed E-state index contributed by atoms with van der Waals surface area (Å²) in [6.07, 6.45) is 0. The molecule has 1 aliphatic heterocycles. The molecule has 1 saturated heterocycles. The second-order valence-corrected chi connectivity index (χ2v) is 5.21. The van der Waals surface area contributed by atoms with E-state index >= 15 is 0 Å². The maximum absolute atomic E-state index is 12.9. The summed E-state index contributed by atoms with van der Waals surface area (Å²) in [5, 5.41) is 11.6. The normalized spacial score (nSPS) is 18.4. The lowest BCUT2D eigenvalue weighted by Crippen LogP contribution is -2.44. The third-order valence-electron chi connectivity index (χ3n) is 2.86. The number of rotatable bonds is 2. The van der Waals surface area contributed by atoms with Crippen molar-refractivity contribution in [1.82, 2.24) is 4.90 Å². The Kier molecular flexibility index (Phi) is 3.94. The van der Waals surface area contributed by atoms with Crippen LogP contribution in [0.5, 0.6) is 0 Å². The van der Waals surface area contributed by atoms with Gasteiger partial charge in [-0.2, -0.15) is 0 Å². The molecule has 1 unspecified atom stereocenters. The zero-order valence-corrected chi connectivity index (χ0v) is 11.0. The Balaban J connectivity index is 2.10. The van der Waals surface area contributed by atoms with E-state index in [1.165, 1.54) is 34.9 Å². The van der Waals surface area contributed by atoms with Crippen molar-refractivity contribution < 1.29 is 19.1 Å². The van der Waals surface area contributed by atoms with E-state index in [1.54, 1.807) is 6.92 Å². The molecule has 5 nitrogen and oxygen atoms in total. The number of nitrogens with zero attached hydrogens (tertiary/aromatic N) is 1. The summed E-state index contributed by atoms with van der Waals surface area (Å²) in [6, 6.07) is 2.72. The fourth-order valence-electron chi connectivity index (χ4n) is 1.80. The van der Waals surface area contributed by atoms with Crippen LogP contribution in [-0.2, 0) is 4.79 Å². The van der Waals surface area contributed by atoms with Crippen molar-refractivity contribution in [2.75, 3.05) is 16.9 Å². The van der Waals surface area contributed by atoms with Crippen LogP contribution in [0.2, 0.25) is 0 Å². The molecule has 2 rings (SSSR count). The smallest absolute Gasteiger partial charge is 0.327 e. The number of carbonyl (C=O) groups excluding carboxylic acids is 1. The summed E-state index contributed by atoms with van der Waals surface area (Å²) < 4.78 is 12.9. The summed E-state index contributed by atoms with van der Waals surface area (Å²) in [5.74, 6) is -0.680. The van der Waals surface area contributed by atoms with Gasteiger partial charge in [-0.25, -0.2) is 14.0 Å². The van der Waals surface area contributed by atoms with Gasteiger partial charge in [-0.1, -0.05) is 0 Å². The van der Waals surface area contributed by atoms with E-state index in [-0.39, 0.29) is 5.82 Å². The van der Waals surface area contributed by atoms with Crippen molar-refractivity contribution in [3.8, 4) is 0 Å². The highest BCUT2D eigenvalue weighted by Crippen LogP contribution is 2.23. The van der Waals surface area contributed by atoms with E-state index in [0.717, 1.165) is 0 Å². The highest BCUT2D eigenvalue weighted by Gasteiger charge is 2.34. The molecule has 2 amide bonds. The van der Waals surface area contributed by atoms with Gasteiger partial charge in [-0.3, -0.25) is 0 Å². The van der Waals surface area contributed by atoms with Crippen molar-refractivity contribution in [3.63, 3.8) is 0 Å². The summed E-state index contributed by atoms with van der Waals surface area (Å²) in [6.45, 7) is 1.67. The number of nitrogens with one attached hydrogen (secondary N) is 1. The summed E-state index contributed by atoms with van der Waals surface area (Å²) >= 11 is 1.39. The van der Waals surface area contributed by atoms with Gasteiger partial charge in [0.25, 0.3) is 0 Å². The van der Waals surface area contributed by atoms with E-state index in [1.807, 2.05) is 0 Å². The number of aryl methyl sites for hydroxylation is 1. The third kappa shape index (κ3) is 2.98. The van der Waals surface area contributed by atoms with Crippen LogP contribution in [0.1, 0.15) is 5.56 Å². The molecule has 1 atom stereocenters. The average Bonchev–Trinajstić information content (AvgIpc) is 2.82. The molecule has 0 spiro atoms. The van der Waals surface area contributed by atoms with Crippen LogP contribution < -0.4 is 5.32 Å². The summed E-state index contributed by atoms with van der Waals surface area (Å²) in [4.78, 5) is 24.3. The number of amides is 2. The monoisotopic (exact) mass is 284 g/mol. The molecular formula is C12H13FN2O3S. The maximum atomic E-state index is 12.9. The van der Waals surface area contributed by atoms with Crippen LogP contribution in [0, 0.1) is 12.7 Å². The van der Waals surface area contributed by atoms with Gasteiger partial charge in [-0.15, -0.1) is 11.8 Å². The first-order chi connectivity index (χ1) is 8.99. The van der Waals surface area contributed by atoms with Gasteiger partial charge < -0.3 is 15.3 Å². The van der Waals surface area contributed by atoms with Crippen molar-refractivity contribution in [2.24, 2.45) is 0 Å². The SMILES string of the molecule is Cc1cc(F)ccc1NC(=O)N1CSCC1C(=O)O. The summed E-state index contributed by atoms with van der Waals surface area (Å²) in [5.41, 5.74) is 1.07. The molecule has 0 bridgehead atoms. The number of carbonyl (C=O) groups is 2. The molecule has 19 heavy (non-hydrogen) atoms. The maximum Gasteiger partial charge on any atom is 0.327 e. The zero-order valence-electron chi connectivity index (χ0n) is 10.2. The quantitative estimate of drug-likeness (QED) is 0.873. The molecule has 1 heterocycles. The topological polar surface area (TPSA) is 69.6 Å². The minimum absolute atomic E-state index is 0.336. The Bertz CT molecular complexity index is 524. The molecule has 0 aromatic heterocycles. The van der Waals surface area contributed by atoms with E-state index in [9.17, 15) is 14.0 Å². The van der Waals surface area contributed by atoms with Gasteiger partial charge in [0, 0.05) is 11.4 Å². The van der Waals surface area contributed by atoms with Gasteiger partial charge >= 0.3 is 12.0 Å². The Morgan fingerprint density at radius 1 is 1.53 bits per heavy atom. The number of hydrogen-bond acceptors (Lipinski definition) is 3. The first kappa shape index (κ1) is 13.7. The molecule has 0 aliphatic carbocycles. The van der Waals surface area contributed by atoms with Crippen molar-refractivity contribution in [1.29, 1.82) is 0 Å². The molecule has 1 aliphatic rings. The number of benzene rings is 1. The van der Waals surface area contributed by atoms with E-state index in [4.69, 9.17) is 5.11 Å². The number of carboxylic acid groups (broad SMARTS) is 1. The van der Waals surface area contributed by atoms with Crippen LogP contribution in [-0.4, -0.2) is 39.7 Å². The lowest BCUT2D eigenvalue weighted by Gasteiger charge is -2.21. The number of carboxylic acids is 1. The lowest BCUT2D eigenvalue weighted by molar-refractivity contribution is -0.140. The second-order valence-electron chi connectivity index (χ2n) is 4.21. The minimum Gasteiger partial charge on any atom is -0.480 e. The van der Waals surface area contributed by atoms with Crippen LogP contribution >= 0.6 is 11.8 Å². The Morgan fingerprint density at radius 3 is 2.89 bits per heavy atom. The van der Waals surface area contributed by atoms with Gasteiger partial charge in [0.2, 0.25) is 0 Å². The lowest BCUT2D eigenvalue weighted by atomic mass is 10.2. The van der Waals surface area contributed by atoms with Gasteiger partial charge in [-0.05, 0) is 30.7 Å². The fourth-order valence-corrected chi connectivity index (χ4v) is 2.95. The highest BCUT2D eigenvalue weighted by molar-refractivity contribution is 7.99. The molecule has 7 heteroatoms. The minimum atomic E-state index is -1.02. The van der Waals surface area contributed by atoms with Gasteiger partial charge in [0.05, 0.1) is 5.88 Å². The van der Waals surface area contributed by atoms with Crippen LogP contribution in [0.25, 0.3) is 0 Å². The van der Waals surface area contributed by atoms with Gasteiger partial charge in [0.15, 0.2) is 0 Å². The average molecular weight is 284 g/mol. The second kappa shape index (κ2) is 5.48. The summed E-state index contributed by atoms with van der Waals surface area (Å²) in [7, 11) is 0. The van der Waals surface area contributed by atoms with Crippen molar-refractivity contribution in [2.45, 2.75) is 13.0 Å². The van der Waals surface area contributed by atoms with Crippen molar-refractivity contribution in [3.05, 3.63) is 29.6 Å². The van der Waals surface area contributed by atoms with E-state index < -0.39 is 18.0 Å².